The summed E-state index contributed by atoms with van der Waals surface area (Å²) in [5, 5.41) is 0.201. The molecule has 1 nitrogen and oxygen atoms in total. The Kier molecular flexibility index (Phi) is 3.02. The van der Waals surface area contributed by atoms with E-state index in [1.165, 1.54) is 0 Å². The third-order valence-electron chi connectivity index (χ3n) is 1.48. The molecule has 8 heavy (non-hydrogen) atoms. The molecule has 0 fully saturated rings. The van der Waals surface area contributed by atoms with Crippen molar-refractivity contribution in [3.05, 3.63) is 0 Å². The summed E-state index contributed by atoms with van der Waals surface area (Å²) >= 11 is 5.81. The Morgan fingerprint density at radius 3 is 1.88 bits per heavy atom. The lowest BCUT2D eigenvalue weighted by Gasteiger charge is -2.21. The van der Waals surface area contributed by atoms with Gasteiger partial charge >= 0.3 is 0 Å². The molecule has 0 bridgehead atoms. The van der Waals surface area contributed by atoms with E-state index in [9.17, 15) is 0 Å². The first kappa shape index (κ1) is 8.47. The van der Waals surface area contributed by atoms with Gasteiger partial charge in [-0.1, -0.05) is 0 Å². The first-order chi connectivity index (χ1) is 3.50. The van der Waals surface area contributed by atoms with Crippen LogP contribution in [0, 0.1) is 0 Å². The zero-order valence-corrected chi connectivity index (χ0v) is 7.62. The number of rotatable bonds is 2. The van der Waals surface area contributed by atoms with Crippen LogP contribution >= 0.6 is 11.6 Å². The molecule has 0 radical (unpaired) electrons. The average Bonchev–Trinajstić information content (AvgIpc) is 1.67. The van der Waals surface area contributed by atoms with Crippen molar-refractivity contribution in [1.29, 1.82) is 0 Å². The maximum absolute atomic E-state index is 5.81. The number of hydrogen-bond donors (Lipinski definition) is 0. The van der Waals surface area contributed by atoms with Crippen LogP contribution in [0.2, 0.25) is 13.1 Å². The van der Waals surface area contributed by atoms with E-state index in [1.807, 2.05) is 6.92 Å². The second-order valence-electron chi connectivity index (χ2n) is 2.42. The Labute approximate surface area is 57.1 Å². The van der Waals surface area contributed by atoms with Crippen LogP contribution in [-0.4, -0.2) is 20.4 Å². The molecular weight excluding hydrogens is 140 g/mol. The smallest absolute Gasteiger partial charge is 0.203 e. The lowest BCUT2D eigenvalue weighted by Crippen LogP contribution is -2.38. The van der Waals surface area contributed by atoms with Crippen molar-refractivity contribution in [2.75, 3.05) is 7.11 Å². The Hall–Kier alpha value is 0.467. The van der Waals surface area contributed by atoms with Gasteiger partial charge in [-0.2, -0.15) is 0 Å². The molecular formula is C5H13ClOSi. The molecule has 0 aliphatic heterocycles. The minimum Gasteiger partial charge on any atom is -0.419 e. The predicted molar refractivity (Wildman–Crippen MR) is 39.8 cm³/mol. The highest BCUT2D eigenvalue weighted by Crippen LogP contribution is 2.13. The van der Waals surface area contributed by atoms with Crippen molar-refractivity contribution in [2.24, 2.45) is 0 Å². The molecule has 0 saturated carbocycles. The van der Waals surface area contributed by atoms with Crippen molar-refractivity contribution in [2.45, 2.75) is 25.0 Å². The number of alkyl halides is 1. The molecule has 0 N–H and O–H groups in total. The van der Waals surface area contributed by atoms with E-state index in [2.05, 4.69) is 13.1 Å². The SMILES string of the molecule is CO[Si](C)(C)C(C)Cl. The maximum atomic E-state index is 5.81. The van der Waals surface area contributed by atoms with Crippen molar-refractivity contribution in [3.63, 3.8) is 0 Å². The maximum Gasteiger partial charge on any atom is 0.203 e. The number of halogens is 1. The molecule has 0 aromatic rings. The summed E-state index contributed by atoms with van der Waals surface area (Å²) in [6.07, 6.45) is 0. The molecule has 1 atom stereocenters. The molecule has 0 heterocycles. The summed E-state index contributed by atoms with van der Waals surface area (Å²) in [6.45, 7) is 6.19. The second kappa shape index (κ2) is 2.85. The molecule has 0 aromatic heterocycles. The van der Waals surface area contributed by atoms with Crippen LogP contribution in [-0.2, 0) is 4.43 Å². The van der Waals surface area contributed by atoms with Gasteiger partial charge in [0.25, 0.3) is 0 Å². The summed E-state index contributed by atoms with van der Waals surface area (Å²) in [7, 11) is 0.238. The van der Waals surface area contributed by atoms with Crippen LogP contribution in [0.25, 0.3) is 0 Å². The van der Waals surface area contributed by atoms with Gasteiger partial charge in [0.1, 0.15) is 0 Å². The summed E-state index contributed by atoms with van der Waals surface area (Å²) in [4.78, 5) is 0. The first-order valence-electron chi connectivity index (χ1n) is 2.70. The fourth-order valence-electron chi connectivity index (χ4n) is 0.162. The van der Waals surface area contributed by atoms with Crippen molar-refractivity contribution < 1.29 is 4.43 Å². The highest BCUT2D eigenvalue weighted by atomic mass is 35.5. The van der Waals surface area contributed by atoms with E-state index in [0.717, 1.165) is 0 Å². The summed E-state index contributed by atoms with van der Waals surface area (Å²) < 4.78 is 5.21. The van der Waals surface area contributed by atoms with Gasteiger partial charge in [0, 0.05) is 12.1 Å². The fraction of sp³-hybridized carbons (Fsp3) is 1.00. The molecule has 0 aliphatic rings. The molecule has 1 unspecified atom stereocenters. The van der Waals surface area contributed by atoms with E-state index >= 15 is 0 Å². The average molecular weight is 153 g/mol. The third-order valence-corrected chi connectivity index (χ3v) is 6.03. The minimum absolute atomic E-state index is 0.201. The van der Waals surface area contributed by atoms with Crippen molar-refractivity contribution in [3.8, 4) is 0 Å². The lowest BCUT2D eigenvalue weighted by molar-refractivity contribution is 0.402. The van der Waals surface area contributed by atoms with Crippen LogP contribution in [0.15, 0.2) is 0 Å². The summed E-state index contributed by atoms with van der Waals surface area (Å²) in [5.74, 6) is 0. The third kappa shape index (κ3) is 2.16. The van der Waals surface area contributed by atoms with Crippen molar-refractivity contribution in [1.82, 2.24) is 0 Å². The molecule has 0 saturated heterocycles. The molecule has 0 spiro atoms. The highest BCUT2D eigenvalue weighted by molar-refractivity contribution is 6.79. The topological polar surface area (TPSA) is 9.23 Å². The van der Waals surface area contributed by atoms with Crippen molar-refractivity contribution >= 4 is 19.9 Å². The highest BCUT2D eigenvalue weighted by Gasteiger charge is 2.26. The lowest BCUT2D eigenvalue weighted by atomic mass is 11.0. The zero-order chi connectivity index (χ0) is 6.78. The zero-order valence-electron chi connectivity index (χ0n) is 5.86. The van der Waals surface area contributed by atoms with Gasteiger partial charge in [-0.3, -0.25) is 0 Å². The molecule has 0 aliphatic carbocycles. The van der Waals surface area contributed by atoms with Gasteiger partial charge in [0.15, 0.2) is 0 Å². The molecule has 50 valence electrons. The molecule has 0 aromatic carbocycles. The molecule has 3 heteroatoms. The summed E-state index contributed by atoms with van der Waals surface area (Å²) in [6, 6.07) is 0. The largest absolute Gasteiger partial charge is 0.419 e. The van der Waals surface area contributed by atoms with E-state index in [4.69, 9.17) is 16.0 Å². The van der Waals surface area contributed by atoms with Gasteiger partial charge in [0.2, 0.25) is 8.32 Å². The first-order valence-corrected chi connectivity index (χ1v) is 6.12. The van der Waals surface area contributed by atoms with Crippen LogP contribution in [0.1, 0.15) is 6.92 Å². The van der Waals surface area contributed by atoms with Crippen LogP contribution in [0.3, 0.4) is 0 Å². The fourth-order valence-corrected chi connectivity index (χ4v) is 0.754. The van der Waals surface area contributed by atoms with Crippen LogP contribution in [0.5, 0.6) is 0 Å². The van der Waals surface area contributed by atoms with Gasteiger partial charge < -0.3 is 4.43 Å². The van der Waals surface area contributed by atoms with Gasteiger partial charge in [-0.25, -0.2) is 0 Å². The quantitative estimate of drug-likeness (QED) is 0.435. The Morgan fingerprint density at radius 1 is 1.50 bits per heavy atom. The Morgan fingerprint density at radius 2 is 1.88 bits per heavy atom. The normalized spacial score (nSPS) is 16.1. The predicted octanol–water partition coefficient (Wildman–Crippen LogP) is 2.00. The Bertz CT molecular complexity index is 72.8. The molecule has 0 rings (SSSR count). The second-order valence-corrected chi connectivity index (χ2v) is 7.93. The summed E-state index contributed by atoms with van der Waals surface area (Å²) in [5.41, 5.74) is 0. The van der Waals surface area contributed by atoms with Crippen LogP contribution < -0.4 is 0 Å². The van der Waals surface area contributed by atoms with E-state index in [0.29, 0.717) is 0 Å². The van der Waals surface area contributed by atoms with Crippen LogP contribution in [0.4, 0.5) is 0 Å². The number of hydrogen-bond acceptors (Lipinski definition) is 1. The molecule has 0 amide bonds. The van der Waals surface area contributed by atoms with E-state index in [1.54, 1.807) is 7.11 Å². The van der Waals surface area contributed by atoms with Gasteiger partial charge in [-0.15, -0.1) is 11.6 Å². The van der Waals surface area contributed by atoms with Gasteiger partial charge in [0.05, 0.1) is 0 Å². The van der Waals surface area contributed by atoms with E-state index < -0.39 is 8.32 Å². The Balaban J connectivity index is 3.71. The minimum atomic E-state index is -1.49. The standard InChI is InChI=1S/C5H13ClOSi/c1-5(6)8(3,4)7-2/h5H,1-4H3. The van der Waals surface area contributed by atoms with E-state index in [-0.39, 0.29) is 5.00 Å². The van der Waals surface area contributed by atoms with Gasteiger partial charge in [-0.05, 0) is 20.0 Å². The monoisotopic (exact) mass is 152 g/mol.